The number of rotatable bonds is 3. The van der Waals surface area contributed by atoms with E-state index in [0.29, 0.717) is 0 Å². The van der Waals surface area contributed by atoms with E-state index in [4.69, 9.17) is 4.74 Å². The number of pyridine rings is 1. The van der Waals surface area contributed by atoms with Gasteiger partial charge in [-0.25, -0.2) is 0 Å². The monoisotopic (exact) mass is 349 g/mol. The smallest absolute Gasteiger partial charge is 0.132 e. The highest BCUT2D eigenvalue weighted by atomic mass is 32.1. The highest BCUT2D eigenvalue weighted by Crippen LogP contribution is 2.19. The van der Waals surface area contributed by atoms with Gasteiger partial charge in [-0.1, -0.05) is 66.2 Å². The first-order valence-corrected chi connectivity index (χ1v) is 9.17. The van der Waals surface area contributed by atoms with Crippen molar-refractivity contribution in [1.29, 1.82) is 0 Å². The van der Waals surface area contributed by atoms with Gasteiger partial charge in [0, 0.05) is 16.8 Å². The average molecular weight is 350 g/mol. The zero-order valence-electron chi connectivity index (χ0n) is 16.4. The molecule has 3 heteroatoms. The molecule has 0 N–H and O–H groups in total. The summed E-state index contributed by atoms with van der Waals surface area (Å²) < 4.78 is 4.97. The number of aromatic nitrogens is 1. The Labute approximate surface area is 155 Å². The van der Waals surface area contributed by atoms with Gasteiger partial charge in [0.15, 0.2) is 0 Å². The van der Waals surface area contributed by atoms with Crippen LogP contribution < -0.4 is 4.74 Å². The molecule has 2 rings (SSSR count). The zero-order valence-corrected chi connectivity index (χ0v) is 17.3. The Hall–Kier alpha value is -1.48. The molecule has 1 aromatic heterocycles. The number of para-hydroxylation sites is 1. The molecule has 0 aliphatic heterocycles. The number of aryl methyl sites for hydroxylation is 1. The van der Waals surface area contributed by atoms with Crippen LogP contribution in [0.2, 0.25) is 0 Å². The van der Waals surface area contributed by atoms with Crippen molar-refractivity contribution in [2.24, 2.45) is 5.92 Å². The third kappa shape index (κ3) is 15.4. The van der Waals surface area contributed by atoms with Crippen molar-refractivity contribution in [3.8, 4) is 5.75 Å². The normalized spacial score (nSPS) is 8.71. The van der Waals surface area contributed by atoms with Crippen molar-refractivity contribution in [1.82, 2.24) is 4.98 Å². The Kier molecular flexibility index (Phi) is 18.4. The van der Waals surface area contributed by atoms with Crippen LogP contribution >= 0.6 is 12.6 Å². The summed E-state index contributed by atoms with van der Waals surface area (Å²) in [5, 5.41) is 0. The van der Waals surface area contributed by atoms with E-state index in [1.807, 2.05) is 56.4 Å². The predicted octanol–water partition coefficient (Wildman–Crippen LogP) is 6.71. The second-order valence-electron chi connectivity index (χ2n) is 5.47. The van der Waals surface area contributed by atoms with E-state index in [2.05, 4.69) is 51.4 Å². The highest BCUT2D eigenvalue weighted by molar-refractivity contribution is 7.80. The largest absolute Gasteiger partial charge is 0.496 e. The van der Waals surface area contributed by atoms with Crippen LogP contribution in [0.5, 0.6) is 5.75 Å². The molecule has 24 heavy (non-hydrogen) atoms. The van der Waals surface area contributed by atoms with Crippen LogP contribution in [0.3, 0.4) is 0 Å². The van der Waals surface area contributed by atoms with Gasteiger partial charge in [-0.05, 0) is 36.6 Å². The summed E-state index contributed by atoms with van der Waals surface area (Å²) in [5.41, 5.74) is 1.19. The number of hydrogen-bond acceptors (Lipinski definition) is 3. The van der Waals surface area contributed by atoms with E-state index in [9.17, 15) is 0 Å². The third-order valence-electron chi connectivity index (χ3n) is 2.32. The van der Waals surface area contributed by atoms with Gasteiger partial charge in [0.25, 0.3) is 0 Å². The standard InChI is InChI=1S/C8H11N.C7H8OS.C4H10.C2H6/c1-2-5-8-6-3-4-7-9-8;1-8-6-4-2-3-5-7(6)9;1-4(2)3;1-2/h3-4,6-7H,2,5H2,1H3;2-5,9H,1H3;4H,1-3H3;1-2H3. The van der Waals surface area contributed by atoms with Crippen molar-refractivity contribution in [2.45, 2.75) is 59.3 Å². The van der Waals surface area contributed by atoms with E-state index in [1.165, 1.54) is 12.1 Å². The quantitative estimate of drug-likeness (QED) is 0.622. The fourth-order valence-corrected chi connectivity index (χ4v) is 1.68. The van der Waals surface area contributed by atoms with Gasteiger partial charge in [0.05, 0.1) is 7.11 Å². The van der Waals surface area contributed by atoms with Gasteiger partial charge in [-0.3, -0.25) is 4.98 Å². The lowest BCUT2D eigenvalue weighted by Crippen LogP contribution is -1.84. The van der Waals surface area contributed by atoms with Crippen molar-refractivity contribution in [3.05, 3.63) is 54.4 Å². The number of thiol groups is 1. The molecule has 1 aromatic carbocycles. The van der Waals surface area contributed by atoms with Crippen LogP contribution in [0.1, 0.15) is 53.7 Å². The Bertz CT molecular complexity index is 483. The Morgan fingerprint density at radius 2 is 1.54 bits per heavy atom. The second-order valence-corrected chi connectivity index (χ2v) is 5.96. The maximum absolute atomic E-state index is 4.97. The van der Waals surface area contributed by atoms with Crippen LogP contribution in [0.15, 0.2) is 53.6 Å². The molecule has 0 amide bonds. The Morgan fingerprint density at radius 3 is 1.92 bits per heavy atom. The minimum absolute atomic E-state index is 0.820. The zero-order chi connectivity index (χ0) is 18.8. The third-order valence-corrected chi connectivity index (χ3v) is 2.69. The highest BCUT2D eigenvalue weighted by Gasteiger charge is 1.92. The lowest BCUT2D eigenvalue weighted by molar-refractivity contribution is 0.405. The molecule has 0 unspecified atom stereocenters. The van der Waals surface area contributed by atoms with Crippen LogP contribution in [-0.4, -0.2) is 12.1 Å². The van der Waals surface area contributed by atoms with E-state index in [1.54, 1.807) is 7.11 Å². The summed E-state index contributed by atoms with van der Waals surface area (Å²) in [6, 6.07) is 13.6. The molecule has 2 nitrogen and oxygen atoms in total. The fourth-order valence-electron chi connectivity index (χ4n) is 1.43. The molecule has 1 heterocycles. The molecule has 0 radical (unpaired) electrons. The average Bonchev–Trinajstić information content (AvgIpc) is 2.58. The molecule has 0 spiro atoms. The van der Waals surface area contributed by atoms with Crippen LogP contribution in [-0.2, 0) is 6.42 Å². The number of methoxy groups -OCH3 is 1. The first-order chi connectivity index (χ1) is 11.5. The molecular formula is C21H35NOS. The number of nitrogens with zero attached hydrogens (tertiary/aromatic N) is 1. The topological polar surface area (TPSA) is 22.1 Å². The lowest BCUT2D eigenvalue weighted by Gasteiger charge is -1.99. The van der Waals surface area contributed by atoms with Crippen LogP contribution in [0.25, 0.3) is 0 Å². The summed E-state index contributed by atoms with van der Waals surface area (Å²) in [4.78, 5) is 5.04. The molecule has 2 aromatic rings. The summed E-state index contributed by atoms with van der Waals surface area (Å²) in [6.07, 6.45) is 4.11. The predicted molar refractivity (Wildman–Crippen MR) is 110 cm³/mol. The molecule has 0 bridgehead atoms. The van der Waals surface area contributed by atoms with Crippen LogP contribution in [0, 0.1) is 5.92 Å². The first-order valence-electron chi connectivity index (χ1n) is 8.73. The summed E-state index contributed by atoms with van der Waals surface area (Å²) in [7, 11) is 1.63. The minimum atomic E-state index is 0.820. The molecule has 0 fully saturated rings. The summed E-state index contributed by atoms with van der Waals surface area (Å²) in [6.45, 7) is 12.7. The van der Waals surface area contributed by atoms with Gasteiger partial charge in [0.1, 0.15) is 5.75 Å². The van der Waals surface area contributed by atoms with Crippen molar-refractivity contribution >= 4 is 12.6 Å². The molecule has 136 valence electrons. The van der Waals surface area contributed by atoms with E-state index in [-0.39, 0.29) is 0 Å². The molecule has 0 aliphatic rings. The molecule has 0 saturated heterocycles. The van der Waals surface area contributed by atoms with E-state index < -0.39 is 0 Å². The van der Waals surface area contributed by atoms with Crippen molar-refractivity contribution in [3.63, 3.8) is 0 Å². The number of hydrogen-bond donors (Lipinski definition) is 1. The Balaban J connectivity index is 0. The van der Waals surface area contributed by atoms with E-state index in [0.717, 1.165) is 23.0 Å². The maximum Gasteiger partial charge on any atom is 0.132 e. The summed E-state index contributed by atoms with van der Waals surface area (Å²) >= 11 is 4.15. The molecule has 0 aliphatic carbocycles. The molecule has 0 saturated carbocycles. The number of ether oxygens (including phenoxy) is 1. The Morgan fingerprint density at radius 1 is 1.00 bits per heavy atom. The van der Waals surface area contributed by atoms with E-state index >= 15 is 0 Å². The van der Waals surface area contributed by atoms with Gasteiger partial charge in [-0.15, -0.1) is 12.6 Å². The van der Waals surface area contributed by atoms with Gasteiger partial charge < -0.3 is 4.74 Å². The van der Waals surface area contributed by atoms with Gasteiger partial charge in [0.2, 0.25) is 0 Å². The molecule has 0 atom stereocenters. The van der Waals surface area contributed by atoms with Gasteiger partial charge in [-0.2, -0.15) is 0 Å². The van der Waals surface area contributed by atoms with Gasteiger partial charge >= 0.3 is 0 Å². The maximum atomic E-state index is 4.97. The summed E-state index contributed by atoms with van der Waals surface area (Å²) in [5.74, 6) is 1.65. The first kappa shape index (κ1) is 24.8. The van der Waals surface area contributed by atoms with Crippen LogP contribution in [0.4, 0.5) is 0 Å². The molecular weight excluding hydrogens is 314 g/mol. The fraction of sp³-hybridized carbons (Fsp3) is 0.476. The number of benzene rings is 1. The van der Waals surface area contributed by atoms with Crippen molar-refractivity contribution < 1.29 is 4.74 Å². The van der Waals surface area contributed by atoms with Crippen molar-refractivity contribution in [2.75, 3.05) is 7.11 Å². The minimum Gasteiger partial charge on any atom is -0.496 e. The lowest BCUT2D eigenvalue weighted by atomic mass is 10.2. The second kappa shape index (κ2) is 17.9. The SMILES string of the molecule is CC.CC(C)C.CCCc1ccccn1.COc1ccccc1S.